The van der Waals surface area contributed by atoms with Gasteiger partial charge in [-0.25, -0.2) is 13.2 Å². The lowest BCUT2D eigenvalue weighted by Crippen LogP contribution is -2.23. The molecule has 2 rings (SSSR count). The molecule has 1 saturated heterocycles. The van der Waals surface area contributed by atoms with Crippen molar-refractivity contribution in [3.05, 3.63) is 35.1 Å². The van der Waals surface area contributed by atoms with Crippen molar-refractivity contribution in [2.45, 2.75) is 26.2 Å². The Balaban J connectivity index is 0.000000861. The molecule has 6 heteroatoms. The lowest BCUT2D eigenvalue weighted by molar-refractivity contribution is -0.126. The van der Waals surface area contributed by atoms with Crippen LogP contribution in [0.15, 0.2) is 12.1 Å². The van der Waals surface area contributed by atoms with E-state index in [0.717, 1.165) is 12.1 Å². The standard InChI is InChI=1S/C11H9ClF3NO.C2H6/c12-5-16-4-7(3-10(16)17)6-1-8(13)11(15)9(14)2-6;1-2/h1-2,7H,3-5H2;1-2H3. The van der Waals surface area contributed by atoms with E-state index < -0.39 is 17.5 Å². The number of hydrogen-bond donors (Lipinski definition) is 0. The first kappa shape index (κ1) is 15.8. The highest BCUT2D eigenvalue weighted by atomic mass is 35.5. The smallest absolute Gasteiger partial charge is 0.224 e. The fourth-order valence-corrected chi connectivity index (χ4v) is 2.15. The van der Waals surface area contributed by atoms with E-state index in [1.807, 2.05) is 13.8 Å². The van der Waals surface area contributed by atoms with Gasteiger partial charge in [-0.1, -0.05) is 13.8 Å². The second kappa shape index (κ2) is 6.80. The maximum Gasteiger partial charge on any atom is 0.224 e. The summed E-state index contributed by atoms with van der Waals surface area (Å²) in [5.74, 6) is -4.48. The van der Waals surface area contributed by atoms with Crippen LogP contribution in [0.3, 0.4) is 0 Å². The average molecular weight is 294 g/mol. The highest BCUT2D eigenvalue weighted by Gasteiger charge is 2.31. The number of alkyl halides is 1. The first-order valence-electron chi connectivity index (χ1n) is 6.01. The molecule has 1 fully saturated rings. The summed E-state index contributed by atoms with van der Waals surface area (Å²) in [5, 5.41) is 0. The fraction of sp³-hybridized carbons (Fsp3) is 0.462. The Labute approximate surface area is 115 Å². The lowest BCUT2D eigenvalue weighted by Gasteiger charge is -2.13. The summed E-state index contributed by atoms with van der Waals surface area (Å²) in [6.45, 7) is 4.30. The molecule has 106 valence electrons. The molecular weight excluding hydrogens is 279 g/mol. The third kappa shape index (κ3) is 3.41. The summed E-state index contributed by atoms with van der Waals surface area (Å²) in [5.41, 5.74) is 0.280. The molecule has 2 nitrogen and oxygen atoms in total. The summed E-state index contributed by atoms with van der Waals surface area (Å²) in [6, 6.07) is 1.89. The average Bonchev–Trinajstić information content (AvgIpc) is 2.79. The van der Waals surface area contributed by atoms with Gasteiger partial charge in [0.25, 0.3) is 0 Å². The molecule has 0 saturated carbocycles. The van der Waals surface area contributed by atoms with Gasteiger partial charge in [0.2, 0.25) is 5.91 Å². The van der Waals surface area contributed by atoms with Crippen LogP contribution in [0, 0.1) is 17.5 Å². The van der Waals surface area contributed by atoms with Crippen LogP contribution in [-0.4, -0.2) is 23.4 Å². The predicted octanol–water partition coefficient (Wildman–Crippen LogP) is 3.64. The third-order valence-electron chi connectivity index (χ3n) is 2.84. The topological polar surface area (TPSA) is 20.3 Å². The molecule has 0 N–H and O–H groups in total. The number of carbonyl (C=O) groups is 1. The van der Waals surface area contributed by atoms with Crippen molar-refractivity contribution in [2.75, 3.05) is 12.5 Å². The number of likely N-dealkylation sites (tertiary alicyclic amines) is 1. The number of amides is 1. The molecule has 19 heavy (non-hydrogen) atoms. The van der Waals surface area contributed by atoms with Gasteiger partial charge in [0.1, 0.15) is 0 Å². The number of hydrogen-bond acceptors (Lipinski definition) is 1. The van der Waals surface area contributed by atoms with Crippen LogP contribution in [0.4, 0.5) is 13.2 Å². The fourth-order valence-electron chi connectivity index (χ4n) is 1.92. The summed E-state index contributed by atoms with van der Waals surface area (Å²) in [7, 11) is 0. The highest BCUT2D eigenvalue weighted by molar-refractivity contribution is 6.18. The van der Waals surface area contributed by atoms with E-state index in [4.69, 9.17) is 11.6 Å². The quantitative estimate of drug-likeness (QED) is 0.463. The van der Waals surface area contributed by atoms with Crippen molar-refractivity contribution in [2.24, 2.45) is 0 Å². The second-order valence-corrected chi connectivity index (χ2v) is 4.17. The zero-order valence-electron chi connectivity index (χ0n) is 10.7. The predicted molar refractivity (Wildman–Crippen MR) is 67.5 cm³/mol. The molecule has 1 aromatic carbocycles. The highest BCUT2D eigenvalue weighted by Crippen LogP contribution is 2.30. The summed E-state index contributed by atoms with van der Waals surface area (Å²) in [4.78, 5) is 12.8. The Bertz CT molecular complexity index is 444. The van der Waals surface area contributed by atoms with Gasteiger partial charge in [0.05, 0.1) is 6.00 Å². The Hall–Kier alpha value is -1.23. The first-order valence-corrected chi connectivity index (χ1v) is 6.54. The van der Waals surface area contributed by atoms with Crippen molar-refractivity contribution < 1.29 is 18.0 Å². The van der Waals surface area contributed by atoms with E-state index in [0.29, 0.717) is 6.54 Å². The minimum atomic E-state index is -1.49. The maximum absolute atomic E-state index is 13.0. The Kier molecular flexibility index (Phi) is 5.66. The van der Waals surface area contributed by atoms with E-state index >= 15 is 0 Å². The van der Waals surface area contributed by atoms with Crippen molar-refractivity contribution in [3.8, 4) is 0 Å². The number of carbonyl (C=O) groups excluding carboxylic acids is 1. The van der Waals surface area contributed by atoms with Crippen LogP contribution in [0.1, 0.15) is 31.7 Å². The monoisotopic (exact) mass is 293 g/mol. The minimum absolute atomic E-state index is 0.0431. The molecule has 1 aliphatic rings. The van der Waals surface area contributed by atoms with Crippen molar-refractivity contribution >= 4 is 17.5 Å². The van der Waals surface area contributed by atoms with E-state index in [9.17, 15) is 18.0 Å². The lowest BCUT2D eigenvalue weighted by atomic mass is 9.98. The zero-order valence-corrected chi connectivity index (χ0v) is 11.5. The van der Waals surface area contributed by atoms with Crippen LogP contribution in [0.5, 0.6) is 0 Å². The Morgan fingerprint density at radius 1 is 1.26 bits per heavy atom. The van der Waals surface area contributed by atoms with Crippen LogP contribution in [0.25, 0.3) is 0 Å². The number of benzene rings is 1. The zero-order chi connectivity index (χ0) is 14.6. The van der Waals surface area contributed by atoms with Gasteiger partial charge in [-0.05, 0) is 17.7 Å². The molecule has 1 heterocycles. The molecular formula is C13H15ClF3NO. The molecule has 1 aromatic rings. The van der Waals surface area contributed by atoms with Gasteiger partial charge in [0.15, 0.2) is 17.5 Å². The van der Waals surface area contributed by atoms with Crippen molar-refractivity contribution in [3.63, 3.8) is 0 Å². The van der Waals surface area contributed by atoms with Crippen LogP contribution in [0.2, 0.25) is 0 Å². The van der Waals surface area contributed by atoms with Gasteiger partial charge in [-0.3, -0.25) is 4.79 Å². The molecule has 1 atom stereocenters. The molecule has 0 aromatic heterocycles. The van der Waals surface area contributed by atoms with Crippen molar-refractivity contribution in [1.29, 1.82) is 0 Å². The molecule has 1 aliphatic heterocycles. The summed E-state index contributed by atoms with van der Waals surface area (Å²) < 4.78 is 38.8. The van der Waals surface area contributed by atoms with Crippen LogP contribution >= 0.6 is 11.6 Å². The van der Waals surface area contributed by atoms with Gasteiger partial charge < -0.3 is 4.90 Å². The largest absolute Gasteiger partial charge is 0.328 e. The number of rotatable bonds is 2. The van der Waals surface area contributed by atoms with E-state index in [-0.39, 0.29) is 29.8 Å². The van der Waals surface area contributed by atoms with Crippen LogP contribution in [-0.2, 0) is 4.79 Å². The molecule has 0 spiro atoms. The number of halogens is 4. The molecule has 1 amide bonds. The van der Waals surface area contributed by atoms with Gasteiger partial charge in [0, 0.05) is 18.9 Å². The van der Waals surface area contributed by atoms with E-state index in [1.165, 1.54) is 4.90 Å². The Morgan fingerprint density at radius 2 is 1.79 bits per heavy atom. The second-order valence-electron chi connectivity index (χ2n) is 3.94. The Morgan fingerprint density at radius 3 is 2.21 bits per heavy atom. The van der Waals surface area contributed by atoms with Gasteiger partial charge >= 0.3 is 0 Å². The molecule has 0 aliphatic carbocycles. The molecule has 1 unspecified atom stereocenters. The van der Waals surface area contributed by atoms with E-state index in [2.05, 4.69) is 0 Å². The SMILES string of the molecule is CC.O=C1CC(c2cc(F)c(F)c(F)c2)CN1CCl. The number of nitrogens with zero attached hydrogens (tertiary/aromatic N) is 1. The minimum Gasteiger partial charge on any atom is -0.328 e. The summed E-state index contributed by atoms with van der Waals surface area (Å²) >= 11 is 5.54. The normalized spacial score (nSPS) is 18.3. The summed E-state index contributed by atoms with van der Waals surface area (Å²) in [6.07, 6.45) is 0.136. The third-order valence-corrected chi connectivity index (χ3v) is 3.12. The van der Waals surface area contributed by atoms with E-state index in [1.54, 1.807) is 0 Å². The molecule has 0 bridgehead atoms. The maximum atomic E-state index is 13.0. The van der Waals surface area contributed by atoms with Gasteiger partial charge in [-0.2, -0.15) is 0 Å². The molecule has 0 radical (unpaired) electrons. The van der Waals surface area contributed by atoms with Gasteiger partial charge in [-0.15, -0.1) is 11.6 Å². The van der Waals surface area contributed by atoms with Crippen LogP contribution < -0.4 is 0 Å². The van der Waals surface area contributed by atoms with Crippen molar-refractivity contribution in [1.82, 2.24) is 4.90 Å². The first-order chi connectivity index (χ1) is 9.02.